The van der Waals surface area contributed by atoms with E-state index in [-0.39, 0.29) is 18.1 Å². The number of anilines is 1. The maximum Gasteiger partial charge on any atom is 0.411 e. The highest BCUT2D eigenvalue weighted by molar-refractivity contribution is 6.30. The quantitative estimate of drug-likeness (QED) is 0.571. The van der Waals surface area contributed by atoms with E-state index in [1.807, 2.05) is 6.92 Å². The third-order valence-electron chi connectivity index (χ3n) is 3.74. The van der Waals surface area contributed by atoms with Crippen LogP contribution in [0.4, 0.5) is 18.9 Å². The Hall–Kier alpha value is -3.05. The fraction of sp³-hybridized carbons (Fsp3) is 0.278. The normalized spacial score (nSPS) is 11.5. The predicted molar refractivity (Wildman–Crippen MR) is 101 cm³/mol. The lowest BCUT2D eigenvalue weighted by molar-refractivity contribution is -0.182. The first kappa shape index (κ1) is 21.7. The molecule has 2 heterocycles. The van der Waals surface area contributed by atoms with Gasteiger partial charge < -0.3 is 14.8 Å². The minimum absolute atomic E-state index is 0.0875. The van der Waals surface area contributed by atoms with Crippen LogP contribution in [0.1, 0.15) is 16.1 Å². The molecule has 1 N–H and O–H groups in total. The van der Waals surface area contributed by atoms with Crippen LogP contribution in [0.2, 0.25) is 5.02 Å². The Morgan fingerprint density at radius 2 is 2.03 bits per heavy atom. The largest absolute Gasteiger partial charge is 0.471 e. The molecule has 0 saturated carbocycles. The van der Waals surface area contributed by atoms with Crippen molar-refractivity contribution in [2.45, 2.75) is 26.6 Å². The van der Waals surface area contributed by atoms with E-state index in [1.54, 1.807) is 24.4 Å². The molecule has 0 aliphatic carbocycles. The zero-order valence-corrected chi connectivity index (χ0v) is 16.4. The Morgan fingerprint density at radius 3 is 2.77 bits per heavy atom. The van der Waals surface area contributed by atoms with Gasteiger partial charge in [0, 0.05) is 11.2 Å². The molecule has 0 aliphatic heterocycles. The van der Waals surface area contributed by atoms with E-state index in [0.717, 1.165) is 10.2 Å². The SMILES string of the molecule is Cc1cc(Cl)ccc1OCn1ccc(C(=O)Nc2cnn(COCC(F)(F)F)c2)n1. The van der Waals surface area contributed by atoms with Crippen molar-refractivity contribution < 1.29 is 27.4 Å². The molecule has 30 heavy (non-hydrogen) atoms. The van der Waals surface area contributed by atoms with Gasteiger partial charge in [0.25, 0.3) is 5.91 Å². The number of aryl methyl sites for hydroxylation is 1. The van der Waals surface area contributed by atoms with E-state index < -0.39 is 25.4 Å². The number of nitrogens with zero attached hydrogens (tertiary/aromatic N) is 4. The Labute approximate surface area is 174 Å². The number of nitrogens with one attached hydrogen (secondary N) is 1. The van der Waals surface area contributed by atoms with Crippen LogP contribution in [0, 0.1) is 6.92 Å². The van der Waals surface area contributed by atoms with Gasteiger partial charge in [0.1, 0.15) is 19.1 Å². The molecule has 0 aliphatic rings. The second kappa shape index (κ2) is 9.18. The number of halogens is 4. The molecule has 0 radical (unpaired) electrons. The fourth-order valence-corrected chi connectivity index (χ4v) is 2.64. The smallest absolute Gasteiger partial charge is 0.411 e. The summed E-state index contributed by atoms with van der Waals surface area (Å²) in [6.07, 6.45) is -0.205. The van der Waals surface area contributed by atoms with Gasteiger partial charge in [0.05, 0.1) is 18.1 Å². The summed E-state index contributed by atoms with van der Waals surface area (Å²) in [5.74, 6) is 0.133. The van der Waals surface area contributed by atoms with E-state index in [2.05, 4.69) is 20.3 Å². The lowest BCUT2D eigenvalue weighted by Gasteiger charge is -2.09. The highest BCUT2D eigenvalue weighted by atomic mass is 35.5. The number of benzene rings is 1. The van der Waals surface area contributed by atoms with E-state index in [0.29, 0.717) is 10.8 Å². The van der Waals surface area contributed by atoms with Crippen molar-refractivity contribution in [1.29, 1.82) is 0 Å². The lowest BCUT2D eigenvalue weighted by Crippen LogP contribution is -2.18. The highest BCUT2D eigenvalue weighted by Crippen LogP contribution is 2.22. The van der Waals surface area contributed by atoms with Crippen molar-refractivity contribution in [1.82, 2.24) is 19.6 Å². The van der Waals surface area contributed by atoms with E-state index in [4.69, 9.17) is 16.3 Å². The Kier molecular flexibility index (Phi) is 6.63. The van der Waals surface area contributed by atoms with E-state index in [9.17, 15) is 18.0 Å². The number of ether oxygens (including phenoxy) is 2. The second-order valence-electron chi connectivity index (χ2n) is 6.24. The average Bonchev–Trinajstić information content (AvgIpc) is 3.29. The van der Waals surface area contributed by atoms with Gasteiger partial charge in [-0.05, 0) is 36.8 Å². The van der Waals surface area contributed by atoms with Crippen LogP contribution < -0.4 is 10.1 Å². The van der Waals surface area contributed by atoms with Crippen LogP contribution in [0.25, 0.3) is 0 Å². The van der Waals surface area contributed by atoms with Crippen molar-refractivity contribution in [3.8, 4) is 5.75 Å². The highest BCUT2D eigenvalue weighted by Gasteiger charge is 2.27. The van der Waals surface area contributed by atoms with Gasteiger partial charge in [-0.3, -0.25) is 4.79 Å². The molecule has 0 saturated heterocycles. The molecule has 0 spiro atoms. The summed E-state index contributed by atoms with van der Waals surface area (Å²) in [6, 6.07) is 6.72. The minimum atomic E-state index is -4.42. The van der Waals surface area contributed by atoms with Gasteiger partial charge in [-0.2, -0.15) is 23.4 Å². The zero-order chi connectivity index (χ0) is 21.7. The Bertz CT molecular complexity index is 1020. The molecule has 1 aromatic carbocycles. The summed E-state index contributed by atoms with van der Waals surface area (Å²) < 4.78 is 49.0. The first-order chi connectivity index (χ1) is 14.2. The van der Waals surface area contributed by atoms with Gasteiger partial charge >= 0.3 is 6.18 Å². The van der Waals surface area contributed by atoms with Crippen LogP contribution >= 0.6 is 11.6 Å². The summed E-state index contributed by atoms with van der Waals surface area (Å²) in [6.45, 7) is 0.163. The standard InChI is InChI=1S/C18H17ClF3N5O3/c1-12-6-13(19)2-3-16(12)30-11-26-5-4-15(25-26)17(28)24-14-7-23-27(8-14)10-29-9-18(20,21)22/h2-8H,9-11H2,1H3,(H,24,28). The van der Waals surface area contributed by atoms with Crippen LogP contribution in [0.5, 0.6) is 5.75 Å². The average molecular weight is 444 g/mol. The van der Waals surface area contributed by atoms with E-state index in [1.165, 1.54) is 23.1 Å². The van der Waals surface area contributed by atoms with Gasteiger partial charge in [-0.25, -0.2) is 9.36 Å². The van der Waals surface area contributed by atoms with Crippen molar-refractivity contribution >= 4 is 23.2 Å². The third kappa shape index (κ3) is 6.22. The molecule has 3 rings (SSSR count). The molecule has 0 fully saturated rings. The predicted octanol–water partition coefficient (Wildman–Crippen LogP) is 3.87. The number of hydrogen-bond acceptors (Lipinski definition) is 5. The van der Waals surface area contributed by atoms with Gasteiger partial charge in [0.15, 0.2) is 12.4 Å². The Balaban J connectivity index is 1.51. The number of rotatable bonds is 8. The monoisotopic (exact) mass is 443 g/mol. The van der Waals surface area contributed by atoms with Crippen molar-refractivity contribution in [2.75, 3.05) is 11.9 Å². The summed E-state index contributed by atoms with van der Waals surface area (Å²) in [5.41, 5.74) is 1.29. The molecule has 12 heteroatoms. The number of amides is 1. The molecule has 0 unspecified atom stereocenters. The number of aromatic nitrogens is 4. The minimum Gasteiger partial charge on any atom is -0.471 e. The van der Waals surface area contributed by atoms with Crippen LogP contribution in [-0.2, 0) is 18.2 Å². The lowest BCUT2D eigenvalue weighted by atomic mass is 10.2. The molecule has 2 aromatic heterocycles. The molecule has 3 aromatic rings. The molecule has 8 nitrogen and oxygen atoms in total. The first-order valence-corrected chi connectivity index (χ1v) is 8.98. The number of carbonyl (C=O) groups excluding carboxylic acids is 1. The molecule has 160 valence electrons. The summed E-state index contributed by atoms with van der Waals surface area (Å²) in [4.78, 5) is 12.3. The van der Waals surface area contributed by atoms with Crippen LogP contribution in [0.15, 0.2) is 42.9 Å². The van der Waals surface area contributed by atoms with Crippen molar-refractivity contribution in [3.05, 3.63) is 59.1 Å². The molecule has 1 amide bonds. The fourth-order valence-electron chi connectivity index (χ4n) is 2.41. The van der Waals surface area contributed by atoms with Gasteiger partial charge in [-0.1, -0.05) is 11.6 Å². The number of carbonyl (C=O) groups is 1. The third-order valence-corrected chi connectivity index (χ3v) is 3.98. The molecule has 0 bridgehead atoms. The van der Waals surface area contributed by atoms with Gasteiger partial charge in [0.2, 0.25) is 0 Å². The van der Waals surface area contributed by atoms with Crippen LogP contribution in [0.3, 0.4) is 0 Å². The second-order valence-corrected chi connectivity index (χ2v) is 6.68. The van der Waals surface area contributed by atoms with Crippen LogP contribution in [-0.4, -0.2) is 38.3 Å². The molecular formula is C18H17ClF3N5O3. The maximum absolute atomic E-state index is 12.3. The number of hydrogen-bond donors (Lipinski definition) is 1. The van der Waals surface area contributed by atoms with E-state index >= 15 is 0 Å². The summed E-state index contributed by atoms with van der Waals surface area (Å²) in [7, 11) is 0. The number of alkyl halides is 3. The Morgan fingerprint density at radius 1 is 1.23 bits per heavy atom. The summed E-state index contributed by atoms with van der Waals surface area (Å²) in [5, 5.41) is 11.1. The summed E-state index contributed by atoms with van der Waals surface area (Å²) >= 11 is 5.91. The van der Waals surface area contributed by atoms with Crippen molar-refractivity contribution in [3.63, 3.8) is 0 Å². The van der Waals surface area contributed by atoms with Gasteiger partial charge in [-0.15, -0.1) is 0 Å². The zero-order valence-electron chi connectivity index (χ0n) is 15.7. The van der Waals surface area contributed by atoms with Crippen molar-refractivity contribution in [2.24, 2.45) is 0 Å². The maximum atomic E-state index is 12.3. The first-order valence-electron chi connectivity index (χ1n) is 8.60. The molecular weight excluding hydrogens is 427 g/mol. The topological polar surface area (TPSA) is 83.2 Å². The molecule has 0 atom stereocenters.